The Morgan fingerprint density at radius 1 is 1.19 bits per heavy atom. The average molecular weight is 422 g/mol. The molecule has 0 atom stereocenters. The molecule has 31 heavy (non-hydrogen) atoms. The molecule has 2 aromatic heterocycles. The number of carbonyl (C=O) groups excluding carboxylic acids is 2. The van der Waals surface area contributed by atoms with Gasteiger partial charge in [-0.1, -0.05) is 6.07 Å². The summed E-state index contributed by atoms with van der Waals surface area (Å²) >= 11 is 0. The Morgan fingerprint density at radius 3 is 2.68 bits per heavy atom. The van der Waals surface area contributed by atoms with Crippen LogP contribution in [0.4, 0.5) is 15.9 Å². The number of hydrogen-bond donors (Lipinski definition) is 2. The fourth-order valence-electron chi connectivity index (χ4n) is 3.18. The van der Waals surface area contributed by atoms with E-state index >= 15 is 0 Å². The number of nitrogens with zero attached hydrogens (tertiary/aromatic N) is 4. The molecule has 3 aromatic rings. The lowest BCUT2D eigenvalue weighted by atomic mass is 10.1. The lowest BCUT2D eigenvalue weighted by molar-refractivity contribution is -0.117. The van der Waals surface area contributed by atoms with E-state index in [4.69, 9.17) is 0 Å². The molecule has 1 aromatic carbocycles. The van der Waals surface area contributed by atoms with Gasteiger partial charge in [-0.3, -0.25) is 9.59 Å². The van der Waals surface area contributed by atoms with Crippen LogP contribution in [0.1, 0.15) is 48.7 Å². The van der Waals surface area contributed by atoms with Gasteiger partial charge in [0, 0.05) is 17.6 Å². The van der Waals surface area contributed by atoms with Crippen LogP contribution in [0.3, 0.4) is 0 Å². The van der Waals surface area contributed by atoms with Crippen molar-refractivity contribution in [2.45, 2.75) is 39.7 Å². The third-order valence-corrected chi connectivity index (χ3v) is 5.11. The third kappa shape index (κ3) is 4.45. The summed E-state index contributed by atoms with van der Waals surface area (Å²) in [5, 5.41) is 13.4. The van der Waals surface area contributed by atoms with E-state index in [1.165, 1.54) is 12.1 Å². The molecular formula is C22H23FN6O2. The zero-order chi connectivity index (χ0) is 22.1. The lowest BCUT2D eigenvalue weighted by Crippen LogP contribution is -2.18. The Labute approximate surface area is 178 Å². The maximum atomic E-state index is 14.5. The van der Waals surface area contributed by atoms with Gasteiger partial charge in [0.25, 0.3) is 5.91 Å². The molecule has 1 aliphatic rings. The molecule has 1 aliphatic carbocycles. The molecular weight excluding hydrogens is 399 g/mol. The normalized spacial score (nSPS) is 13.3. The van der Waals surface area contributed by atoms with E-state index < -0.39 is 11.7 Å². The van der Waals surface area contributed by atoms with Gasteiger partial charge in [0.05, 0.1) is 5.56 Å². The van der Waals surface area contributed by atoms with Gasteiger partial charge in [-0.2, -0.15) is 0 Å². The summed E-state index contributed by atoms with van der Waals surface area (Å²) in [5.74, 6) is -0.613. The zero-order valence-corrected chi connectivity index (χ0v) is 17.5. The predicted octanol–water partition coefficient (Wildman–Crippen LogP) is 3.97. The molecule has 2 amide bonds. The molecule has 160 valence electrons. The molecule has 0 aliphatic heterocycles. The number of benzene rings is 1. The molecule has 0 saturated heterocycles. The minimum Gasteiger partial charge on any atom is -0.326 e. The fraction of sp³-hybridized carbons (Fsp3) is 0.318. The van der Waals surface area contributed by atoms with Crippen LogP contribution in [0, 0.1) is 18.7 Å². The van der Waals surface area contributed by atoms with Crippen molar-refractivity contribution in [1.82, 2.24) is 19.7 Å². The number of pyridine rings is 1. The van der Waals surface area contributed by atoms with E-state index in [0.29, 0.717) is 22.8 Å². The molecule has 0 radical (unpaired) electrons. The van der Waals surface area contributed by atoms with Crippen molar-refractivity contribution in [2.75, 3.05) is 10.6 Å². The SMILES string of the molecule is Cc1cc(F)c(C(=O)Nc2cccc(-c3nncn3C(C)C)n2)cc1NC(=O)C1CC1. The second kappa shape index (κ2) is 8.25. The Hall–Kier alpha value is -3.62. The molecule has 2 heterocycles. The minimum atomic E-state index is -0.671. The first-order chi connectivity index (χ1) is 14.8. The minimum absolute atomic E-state index is 0.00144. The van der Waals surface area contributed by atoms with E-state index in [1.54, 1.807) is 31.5 Å². The second-order valence-corrected chi connectivity index (χ2v) is 7.93. The first-order valence-corrected chi connectivity index (χ1v) is 10.1. The number of carbonyl (C=O) groups is 2. The highest BCUT2D eigenvalue weighted by Crippen LogP contribution is 2.31. The first kappa shape index (κ1) is 20.6. The number of aryl methyl sites for hydroxylation is 1. The Bertz CT molecular complexity index is 1150. The van der Waals surface area contributed by atoms with Crippen LogP contribution < -0.4 is 10.6 Å². The van der Waals surface area contributed by atoms with Crippen molar-refractivity contribution in [3.63, 3.8) is 0 Å². The predicted molar refractivity (Wildman–Crippen MR) is 114 cm³/mol. The van der Waals surface area contributed by atoms with Gasteiger partial charge in [-0.25, -0.2) is 9.37 Å². The van der Waals surface area contributed by atoms with Crippen LogP contribution in [-0.2, 0) is 4.79 Å². The van der Waals surface area contributed by atoms with Crippen molar-refractivity contribution < 1.29 is 14.0 Å². The van der Waals surface area contributed by atoms with E-state index in [-0.39, 0.29) is 29.2 Å². The van der Waals surface area contributed by atoms with Gasteiger partial charge in [0.2, 0.25) is 5.91 Å². The Balaban J connectivity index is 1.57. The lowest BCUT2D eigenvalue weighted by Gasteiger charge is -2.13. The number of nitrogens with one attached hydrogen (secondary N) is 2. The van der Waals surface area contributed by atoms with E-state index in [1.807, 2.05) is 18.4 Å². The molecule has 2 N–H and O–H groups in total. The van der Waals surface area contributed by atoms with Crippen LogP contribution in [-0.4, -0.2) is 31.6 Å². The number of halogens is 1. The largest absolute Gasteiger partial charge is 0.326 e. The molecule has 8 nitrogen and oxygen atoms in total. The van der Waals surface area contributed by atoms with E-state index in [9.17, 15) is 14.0 Å². The number of hydrogen-bond acceptors (Lipinski definition) is 5. The third-order valence-electron chi connectivity index (χ3n) is 5.11. The van der Waals surface area contributed by atoms with Gasteiger partial charge >= 0.3 is 0 Å². The highest BCUT2D eigenvalue weighted by molar-refractivity contribution is 6.05. The van der Waals surface area contributed by atoms with Gasteiger partial charge in [-0.15, -0.1) is 10.2 Å². The smallest absolute Gasteiger partial charge is 0.259 e. The van der Waals surface area contributed by atoms with Crippen LogP contribution in [0.2, 0.25) is 0 Å². The fourth-order valence-corrected chi connectivity index (χ4v) is 3.18. The summed E-state index contributed by atoms with van der Waals surface area (Å²) in [6, 6.07) is 7.84. The second-order valence-electron chi connectivity index (χ2n) is 7.93. The molecule has 1 saturated carbocycles. The zero-order valence-electron chi connectivity index (χ0n) is 17.5. The van der Waals surface area contributed by atoms with Crippen LogP contribution in [0.5, 0.6) is 0 Å². The first-order valence-electron chi connectivity index (χ1n) is 10.1. The van der Waals surface area contributed by atoms with Gasteiger partial charge < -0.3 is 15.2 Å². The maximum absolute atomic E-state index is 14.5. The summed E-state index contributed by atoms with van der Waals surface area (Å²) in [5.41, 5.74) is 1.34. The van der Waals surface area contributed by atoms with Crippen LogP contribution in [0.15, 0.2) is 36.7 Å². The summed E-state index contributed by atoms with van der Waals surface area (Å²) < 4.78 is 16.4. The summed E-state index contributed by atoms with van der Waals surface area (Å²) in [6.07, 6.45) is 3.32. The van der Waals surface area contributed by atoms with Crippen molar-refractivity contribution in [2.24, 2.45) is 5.92 Å². The Morgan fingerprint density at radius 2 is 1.97 bits per heavy atom. The topological polar surface area (TPSA) is 102 Å². The summed E-state index contributed by atoms with van der Waals surface area (Å²) in [6.45, 7) is 5.68. The summed E-state index contributed by atoms with van der Waals surface area (Å²) in [7, 11) is 0. The van der Waals surface area contributed by atoms with Gasteiger partial charge in [0.15, 0.2) is 5.82 Å². The molecule has 0 spiro atoms. The number of rotatable bonds is 6. The highest BCUT2D eigenvalue weighted by Gasteiger charge is 2.30. The van der Waals surface area contributed by atoms with Gasteiger partial charge in [0.1, 0.15) is 23.7 Å². The monoisotopic (exact) mass is 422 g/mol. The maximum Gasteiger partial charge on any atom is 0.259 e. The van der Waals surface area contributed by atoms with Crippen LogP contribution in [0.25, 0.3) is 11.5 Å². The Kier molecular flexibility index (Phi) is 5.50. The standard InChI is InChI=1S/C22H23FN6O2/c1-12(2)29-11-24-28-20(29)17-5-4-6-19(25-17)27-22(31)15-10-18(13(3)9-16(15)23)26-21(30)14-7-8-14/h4-6,9-12,14H,7-8H2,1-3H3,(H,26,30)(H,25,27,31). The molecule has 0 unspecified atom stereocenters. The summed E-state index contributed by atoms with van der Waals surface area (Å²) in [4.78, 5) is 29.3. The van der Waals surface area contributed by atoms with E-state index in [2.05, 4.69) is 25.8 Å². The number of anilines is 2. The van der Waals surface area contributed by atoms with Crippen molar-refractivity contribution >= 4 is 23.3 Å². The molecule has 0 bridgehead atoms. The number of amides is 2. The molecule has 4 rings (SSSR count). The van der Waals surface area contributed by atoms with Crippen molar-refractivity contribution in [3.8, 4) is 11.5 Å². The molecule has 9 heteroatoms. The van der Waals surface area contributed by atoms with Crippen LogP contribution >= 0.6 is 0 Å². The molecule has 1 fully saturated rings. The van der Waals surface area contributed by atoms with Crippen molar-refractivity contribution in [1.29, 1.82) is 0 Å². The quantitative estimate of drug-likeness (QED) is 0.626. The highest BCUT2D eigenvalue weighted by atomic mass is 19.1. The van der Waals surface area contributed by atoms with Gasteiger partial charge in [-0.05, 0) is 63.4 Å². The van der Waals surface area contributed by atoms with Crippen molar-refractivity contribution in [3.05, 3.63) is 53.6 Å². The van der Waals surface area contributed by atoms with E-state index in [0.717, 1.165) is 12.8 Å². The average Bonchev–Trinajstić information content (AvgIpc) is 3.46. The number of aromatic nitrogens is 4.